The molecule has 0 saturated heterocycles. The molecule has 1 aromatic heterocycles. The van der Waals surface area contributed by atoms with Crippen molar-refractivity contribution in [2.45, 2.75) is 13.5 Å². The third-order valence-corrected chi connectivity index (χ3v) is 3.26. The fraction of sp³-hybridized carbons (Fsp3) is 0.231. The van der Waals surface area contributed by atoms with E-state index in [0.717, 1.165) is 17.5 Å². The number of rotatable bonds is 4. The average molecular weight is 309 g/mol. The van der Waals surface area contributed by atoms with Crippen LogP contribution in [0.25, 0.3) is 0 Å². The van der Waals surface area contributed by atoms with Crippen LogP contribution in [0, 0.1) is 17.0 Å². The van der Waals surface area contributed by atoms with Crippen LogP contribution in [0.1, 0.15) is 21.7 Å². The minimum atomic E-state index is -0.572. The zero-order chi connectivity index (χ0) is 15.6. The van der Waals surface area contributed by atoms with Crippen molar-refractivity contribution in [3.8, 4) is 0 Å². The molecular weight excluding hydrogens is 296 g/mol. The lowest BCUT2D eigenvalue weighted by Gasteiger charge is -2.07. The summed E-state index contributed by atoms with van der Waals surface area (Å²) in [7, 11) is 1.77. The van der Waals surface area contributed by atoms with Gasteiger partial charge in [-0.25, -0.2) is 0 Å². The highest BCUT2D eigenvalue weighted by molar-refractivity contribution is 6.33. The Morgan fingerprint density at radius 3 is 2.76 bits per heavy atom. The van der Waals surface area contributed by atoms with Gasteiger partial charge in [0, 0.05) is 19.2 Å². The lowest BCUT2D eigenvalue weighted by molar-refractivity contribution is -0.384. The molecule has 1 N–H and O–H groups in total. The molecule has 7 nitrogen and oxygen atoms in total. The third kappa shape index (κ3) is 3.38. The summed E-state index contributed by atoms with van der Waals surface area (Å²) in [6, 6.07) is 5.59. The van der Waals surface area contributed by atoms with E-state index in [1.807, 2.05) is 13.0 Å². The van der Waals surface area contributed by atoms with Gasteiger partial charge in [0.1, 0.15) is 0 Å². The second kappa shape index (κ2) is 5.92. The van der Waals surface area contributed by atoms with E-state index >= 15 is 0 Å². The Hall–Kier alpha value is -2.41. The van der Waals surface area contributed by atoms with E-state index < -0.39 is 10.8 Å². The van der Waals surface area contributed by atoms with E-state index in [4.69, 9.17) is 11.6 Å². The summed E-state index contributed by atoms with van der Waals surface area (Å²) in [6.07, 6.45) is 0. The lowest BCUT2D eigenvalue weighted by Crippen LogP contribution is -2.24. The number of amides is 1. The largest absolute Gasteiger partial charge is 0.346 e. The predicted octanol–water partition coefficient (Wildman–Crippen LogP) is 2.22. The van der Waals surface area contributed by atoms with Crippen molar-refractivity contribution in [2.75, 3.05) is 0 Å². The Morgan fingerprint density at radius 2 is 2.19 bits per heavy atom. The Bertz CT molecular complexity index is 711. The van der Waals surface area contributed by atoms with Gasteiger partial charge in [-0.3, -0.25) is 19.6 Å². The monoisotopic (exact) mass is 308 g/mol. The fourth-order valence-electron chi connectivity index (χ4n) is 1.90. The van der Waals surface area contributed by atoms with E-state index in [-0.39, 0.29) is 22.8 Å². The molecule has 0 saturated carbocycles. The molecule has 1 heterocycles. The van der Waals surface area contributed by atoms with Gasteiger partial charge in [-0.2, -0.15) is 5.10 Å². The number of nitrogens with one attached hydrogen (secondary N) is 1. The van der Waals surface area contributed by atoms with Crippen molar-refractivity contribution in [1.29, 1.82) is 0 Å². The number of carbonyl (C=O) groups excluding carboxylic acids is 1. The number of hydrogen-bond acceptors (Lipinski definition) is 4. The summed E-state index contributed by atoms with van der Waals surface area (Å²) in [4.78, 5) is 22.2. The van der Waals surface area contributed by atoms with Gasteiger partial charge in [-0.1, -0.05) is 11.6 Å². The first kappa shape index (κ1) is 15.0. The summed E-state index contributed by atoms with van der Waals surface area (Å²) in [5, 5.41) is 17.7. The normalized spacial score (nSPS) is 10.4. The van der Waals surface area contributed by atoms with Gasteiger partial charge < -0.3 is 5.32 Å². The minimum absolute atomic E-state index is 0.0738. The van der Waals surface area contributed by atoms with Crippen molar-refractivity contribution in [1.82, 2.24) is 15.1 Å². The van der Waals surface area contributed by atoms with Crippen LogP contribution in [-0.2, 0) is 13.6 Å². The van der Waals surface area contributed by atoms with Gasteiger partial charge in [0.15, 0.2) is 0 Å². The summed E-state index contributed by atoms with van der Waals surface area (Å²) >= 11 is 5.91. The number of aryl methyl sites for hydroxylation is 2. The smallest absolute Gasteiger partial charge is 0.270 e. The van der Waals surface area contributed by atoms with Crippen LogP contribution < -0.4 is 5.32 Å². The van der Waals surface area contributed by atoms with Crippen molar-refractivity contribution >= 4 is 23.2 Å². The van der Waals surface area contributed by atoms with Crippen LogP contribution in [0.15, 0.2) is 24.3 Å². The first-order valence-electron chi connectivity index (χ1n) is 6.10. The Kier molecular flexibility index (Phi) is 4.23. The van der Waals surface area contributed by atoms with E-state index in [1.54, 1.807) is 11.7 Å². The van der Waals surface area contributed by atoms with E-state index in [9.17, 15) is 14.9 Å². The zero-order valence-corrected chi connectivity index (χ0v) is 12.2. The van der Waals surface area contributed by atoms with Crippen molar-refractivity contribution in [3.05, 3.63) is 56.4 Å². The Morgan fingerprint density at radius 1 is 1.48 bits per heavy atom. The van der Waals surface area contributed by atoms with Crippen LogP contribution in [0.5, 0.6) is 0 Å². The Balaban J connectivity index is 2.15. The van der Waals surface area contributed by atoms with Crippen molar-refractivity contribution in [3.63, 3.8) is 0 Å². The highest BCUT2D eigenvalue weighted by Gasteiger charge is 2.16. The molecular formula is C13H13ClN4O3. The van der Waals surface area contributed by atoms with Gasteiger partial charge in [0.25, 0.3) is 11.6 Å². The maximum absolute atomic E-state index is 12.1. The van der Waals surface area contributed by atoms with Crippen LogP contribution in [-0.4, -0.2) is 20.6 Å². The molecule has 1 amide bonds. The second-order valence-electron chi connectivity index (χ2n) is 4.50. The number of nitro benzene ring substituents is 1. The van der Waals surface area contributed by atoms with Crippen LogP contribution in [0.3, 0.4) is 0 Å². The molecule has 110 valence electrons. The summed E-state index contributed by atoms with van der Waals surface area (Å²) in [5.41, 5.74) is 1.56. The van der Waals surface area contributed by atoms with Gasteiger partial charge in [0.05, 0.1) is 33.4 Å². The number of benzene rings is 1. The first-order chi connectivity index (χ1) is 9.88. The SMILES string of the molecule is Cc1cc(CNC(=O)c2cc([N+](=O)[O-])ccc2Cl)n(C)n1. The molecule has 0 bridgehead atoms. The summed E-state index contributed by atoms with van der Waals surface area (Å²) in [5.74, 6) is -0.470. The number of aromatic nitrogens is 2. The molecule has 1 aromatic carbocycles. The topological polar surface area (TPSA) is 90.1 Å². The first-order valence-corrected chi connectivity index (χ1v) is 6.48. The van der Waals surface area contributed by atoms with Crippen LogP contribution in [0.2, 0.25) is 5.02 Å². The maximum Gasteiger partial charge on any atom is 0.270 e. The zero-order valence-electron chi connectivity index (χ0n) is 11.5. The molecule has 0 fully saturated rings. The number of non-ortho nitro benzene ring substituents is 1. The Labute approximate surface area is 125 Å². The van der Waals surface area contributed by atoms with Gasteiger partial charge in [-0.15, -0.1) is 0 Å². The molecule has 0 atom stereocenters. The van der Waals surface area contributed by atoms with Crippen LogP contribution in [0.4, 0.5) is 5.69 Å². The quantitative estimate of drug-likeness (QED) is 0.692. The molecule has 21 heavy (non-hydrogen) atoms. The minimum Gasteiger partial charge on any atom is -0.346 e. The average Bonchev–Trinajstić information content (AvgIpc) is 2.74. The second-order valence-corrected chi connectivity index (χ2v) is 4.91. The van der Waals surface area contributed by atoms with E-state index in [0.29, 0.717) is 0 Å². The number of nitro groups is 1. The van der Waals surface area contributed by atoms with Crippen molar-refractivity contribution in [2.24, 2.45) is 7.05 Å². The number of halogens is 1. The van der Waals surface area contributed by atoms with Crippen molar-refractivity contribution < 1.29 is 9.72 Å². The fourth-order valence-corrected chi connectivity index (χ4v) is 2.10. The predicted molar refractivity (Wildman–Crippen MR) is 77.2 cm³/mol. The number of carbonyl (C=O) groups is 1. The van der Waals surface area contributed by atoms with E-state index in [2.05, 4.69) is 10.4 Å². The molecule has 0 aliphatic heterocycles. The van der Waals surface area contributed by atoms with Gasteiger partial charge >= 0.3 is 0 Å². The molecule has 8 heteroatoms. The summed E-state index contributed by atoms with van der Waals surface area (Å²) < 4.78 is 1.66. The molecule has 0 radical (unpaired) electrons. The maximum atomic E-state index is 12.1. The molecule has 0 unspecified atom stereocenters. The standard InChI is InChI=1S/C13H13ClN4O3/c1-8-5-10(17(2)16-8)7-15-13(19)11-6-9(18(20)21)3-4-12(11)14/h3-6H,7H2,1-2H3,(H,15,19). The third-order valence-electron chi connectivity index (χ3n) is 2.93. The lowest BCUT2D eigenvalue weighted by atomic mass is 10.2. The van der Waals surface area contributed by atoms with E-state index in [1.165, 1.54) is 12.1 Å². The van der Waals surface area contributed by atoms with Crippen LogP contribution >= 0.6 is 11.6 Å². The van der Waals surface area contributed by atoms with Gasteiger partial charge in [0.2, 0.25) is 0 Å². The molecule has 0 aliphatic rings. The van der Waals surface area contributed by atoms with Gasteiger partial charge in [-0.05, 0) is 19.1 Å². The number of nitrogens with zero attached hydrogens (tertiary/aromatic N) is 3. The highest BCUT2D eigenvalue weighted by atomic mass is 35.5. The molecule has 2 rings (SSSR count). The highest BCUT2D eigenvalue weighted by Crippen LogP contribution is 2.22. The number of hydrogen-bond donors (Lipinski definition) is 1. The summed E-state index contributed by atoms with van der Waals surface area (Å²) in [6.45, 7) is 2.11. The molecule has 2 aromatic rings. The molecule has 0 aliphatic carbocycles. The molecule has 0 spiro atoms.